The Bertz CT molecular complexity index is 621. The summed E-state index contributed by atoms with van der Waals surface area (Å²) in [5.74, 6) is 1.42. The smallest absolute Gasteiger partial charge is 0.227 e. The lowest BCUT2D eigenvalue weighted by Gasteiger charge is -2.16. The van der Waals surface area contributed by atoms with Gasteiger partial charge in [-0.25, -0.2) is 0 Å². The number of benzene rings is 1. The van der Waals surface area contributed by atoms with Gasteiger partial charge in [-0.2, -0.15) is 4.98 Å². The van der Waals surface area contributed by atoms with Crippen molar-refractivity contribution in [3.63, 3.8) is 0 Å². The zero-order chi connectivity index (χ0) is 13.9. The molecule has 0 saturated carbocycles. The fourth-order valence-electron chi connectivity index (χ4n) is 2.56. The van der Waals surface area contributed by atoms with Gasteiger partial charge in [-0.3, -0.25) is 4.79 Å². The molecule has 1 aliphatic rings. The molecule has 1 amide bonds. The van der Waals surface area contributed by atoms with Crippen LogP contribution < -0.4 is 4.90 Å². The van der Waals surface area contributed by atoms with Crippen LogP contribution in [0.3, 0.4) is 0 Å². The third kappa shape index (κ3) is 2.57. The van der Waals surface area contributed by atoms with Gasteiger partial charge in [-0.05, 0) is 31.4 Å². The van der Waals surface area contributed by atoms with Crippen LogP contribution in [0.4, 0.5) is 5.69 Å². The molecule has 1 aromatic carbocycles. The largest absolute Gasteiger partial charge is 0.339 e. The molecule has 0 fully saturated rings. The number of amides is 1. The molecule has 5 heteroatoms. The summed E-state index contributed by atoms with van der Waals surface area (Å²) < 4.78 is 5.04. The molecule has 0 atom stereocenters. The summed E-state index contributed by atoms with van der Waals surface area (Å²) >= 11 is 0. The number of nitrogens with zero attached hydrogens (tertiary/aromatic N) is 3. The molecule has 5 nitrogen and oxygen atoms in total. The maximum absolute atomic E-state index is 12.3. The Morgan fingerprint density at radius 2 is 2.25 bits per heavy atom. The zero-order valence-electron chi connectivity index (χ0n) is 11.5. The minimum Gasteiger partial charge on any atom is -0.339 e. The molecule has 1 aromatic heterocycles. The van der Waals surface area contributed by atoms with Crippen molar-refractivity contribution in [2.24, 2.45) is 0 Å². The number of carbonyl (C=O) groups is 1. The average Bonchev–Trinajstić information content (AvgIpc) is 3.05. The highest BCUT2D eigenvalue weighted by molar-refractivity contribution is 5.95. The molecule has 0 spiro atoms. The number of hydrogen-bond acceptors (Lipinski definition) is 4. The van der Waals surface area contributed by atoms with E-state index in [2.05, 4.69) is 16.2 Å². The normalized spacial score (nSPS) is 13.6. The van der Waals surface area contributed by atoms with E-state index in [0.29, 0.717) is 24.6 Å². The summed E-state index contributed by atoms with van der Waals surface area (Å²) in [5, 5.41) is 3.74. The highest BCUT2D eigenvalue weighted by atomic mass is 16.5. The molecule has 20 heavy (non-hydrogen) atoms. The van der Waals surface area contributed by atoms with Crippen molar-refractivity contribution in [2.75, 3.05) is 11.4 Å². The predicted molar refractivity (Wildman–Crippen MR) is 74.5 cm³/mol. The molecular formula is C15H17N3O2. The summed E-state index contributed by atoms with van der Waals surface area (Å²) in [5.41, 5.74) is 2.32. The molecule has 0 aliphatic carbocycles. The van der Waals surface area contributed by atoms with Crippen LogP contribution in [-0.2, 0) is 17.6 Å². The second kappa shape index (κ2) is 5.45. The van der Waals surface area contributed by atoms with Crippen LogP contribution in [0.25, 0.3) is 0 Å². The number of para-hydroxylation sites is 1. The summed E-state index contributed by atoms with van der Waals surface area (Å²) in [7, 11) is 0. The van der Waals surface area contributed by atoms with E-state index in [0.717, 1.165) is 25.1 Å². The predicted octanol–water partition coefficient (Wildman–Crippen LogP) is 2.29. The first-order valence-corrected chi connectivity index (χ1v) is 6.91. The van der Waals surface area contributed by atoms with E-state index >= 15 is 0 Å². The van der Waals surface area contributed by atoms with Gasteiger partial charge in [0, 0.05) is 25.1 Å². The Hall–Kier alpha value is -2.17. The topological polar surface area (TPSA) is 59.2 Å². The molecule has 0 bridgehead atoms. The zero-order valence-corrected chi connectivity index (χ0v) is 11.5. The van der Waals surface area contributed by atoms with Gasteiger partial charge >= 0.3 is 0 Å². The second-order valence-electron chi connectivity index (χ2n) is 5.01. The average molecular weight is 271 g/mol. The van der Waals surface area contributed by atoms with Gasteiger partial charge in [0.2, 0.25) is 11.8 Å². The van der Waals surface area contributed by atoms with Gasteiger partial charge < -0.3 is 9.42 Å². The Morgan fingerprint density at radius 1 is 1.40 bits per heavy atom. The molecule has 0 radical (unpaired) electrons. The van der Waals surface area contributed by atoms with E-state index in [9.17, 15) is 4.79 Å². The standard InChI is InChI=1S/C15H17N3O2/c1-11-16-14(20-17-11)7-4-8-15(19)18-10-9-12-5-2-3-6-13(12)18/h2-3,5-6H,4,7-10H2,1H3. The molecule has 1 aliphatic heterocycles. The number of rotatable bonds is 4. The van der Waals surface area contributed by atoms with Crippen molar-refractivity contribution in [3.8, 4) is 0 Å². The fraction of sp³-hybridized carbons (Fsp3) is 0.400. The van der Waals surface area contributed by atoms with Crippen LogP contribution in [0, 0.1) is 6.92 Å². The van der Waals surface area contributed by atoms with Gasteiger partial charge in [0.15, 0.2) is 5.82 Å². The van der Waals surface area contributed by atoms with Gasteiger partial charge in [0.25, 0.3) is 0 Å². The van der Waals surface area contributed by atoms with Gasteiger partial charge in [-0.15, -0.1) is 0 Å². The van der Waals surface area contributed by atoms with Crippen molar-refractivity contribution >= 4 is 11.6 Å². The Labute approximate surface area is 117 Å². The number of aromatic nitrogens is 2. The first kappa shape index (κ1) is 12.8. The number of fused-ring (bicyclic) bond motifs is 1. The van der Waals surface area contributed by atoms with E-state index < -0.39 is 0 Å². The second-order valence-corrected chi connectivity index (χ2v) is 5.01. The van der Waals surface area contributed by atoms with Crippen LogP contribution in [0.1, 0.15) is 30.1 Å². The Balaban J connectivity index is 1.55. The SMILES string of the molecule is Cc1noc(CCCC(=O)N2CCc3ccccc32)n1. The molecular weight excluding hydrogens is 254 g/mol. The molecule has 0 saturated heterocycles. The fourth-order valence-corrected chi connectivity index (χ4v) is 2.56. The third-order valence-corrected chi connectivity index (χ3v) is 3.54. The maximum atomic E-state index is 12.3. The summed E-state index contributed by atoms with van der Waals surface area (Å²) in [6.07, 6.45) is 2.85. The molecule has 0 N–H and O–H groups in total. The van der Waals surface area contributed by atoms with Crippen molar-refractivity contribution < 1.29 is 9.32 Å². The lowest BCUT2D eigenvalue weighted by atomic mass is 10.2. The van der Waals surface area contributed by atoms with E-state index in [1.165, 1.54) is 5.56 Å². The molecule has 2 heterocycles. The van der Waals surface area contributed by atoms with Crippen molar-refractivity contribution in [1.82, 2.24) is 10.1 Å². The van der Waals surface area contributed by atoms with E-state index in [1.807, 2.05) is 23.1 Å². The first-order chi connectivity index (χ1) is 9.74. The number of carbonyl (C=O) groups excluding carboxylic acids is 1. The van der Waals surface area contributed by atoms with Crippen LogP contribution in [-0.4, -0.2) is 22.6 Å². The lowest BCUT2D eigenvalue weighted by Crippen LogP contribution is -2.28. The number of aryl methyl sites for hydroxylation is 2. The van der Waals surface area contributed by atoms with Gasteiger partial charge in [0.05, 0.1) is 0 Å². The van der Waals surface area contributed by atoms with Crippen molar-refractivity contribution in [2.45, 2.75) is 32.6 Å². The van der Waals surface area contributed by atoms with E-state index in [4.69, 9.17) is 4.52 Å². The van der Waals surface area contributed by atoms with Crippen molar-refractivity contribution in [1.29, 1.82) is 0 Å². The molecule has 2 aromatic rings. The Kier molecular flexibility index (Phi) is 3.50. The van der Waals surface area contributed by atoms with Crippen molar-refractivity contribution in [3.05, 3.63) is 41.5 Å². The van der Waals surface area contributed by atoms with E-state index in [1.54, 1.807) is 6.92 Å². The van der Waals surface area contributed by atoms with Gasteiger partial charge in [0.1, 0.15) is 0 Å². The van der Waals surface area contributed by atoms with Crippen LogP contribution in [0.5, 0.6) is 0 Å². The summed E-state index contributed by atoms with van der Waals surface area (Å²) in [4.78, 5) is 18.3. The van der Waals surface area contributed by atoms with E-state index in [-0.39, 0.29) is 5.91 Å². The summed E-state index contributed by atoms with van der Waals surface area (Å²) in [6.45, 7) is 2.58. The highest BCUT2D eigenvalue weighted by Gasteiger charge is 2.23. The maximum Gasteiger partial charge on any atom is 0.227 e. The molecule has 3 rings (SSSR count). The number of hydrogen-bond donors (Lipinski definition) is 0. The van der Waals surface area contributed by atoms with Crippen LogP contribution >= 0.6 is 0 Å². The van der Waals surface area contributed by atoms with Crippen LogP contribution in [0.2, 0.25) is 0 Å². The van der Waals surface area contributed by atoms with Gasteiger partial charge in [-0.1, -0.05) is 23.4 Å². The quantitative estimate of drug-likeness (QED) is 0.856. The van der Waals surface area contributed by atoms with Crippen LogP contribution in [0.15, 0.2) is 28.8 Å². The monoisotopic (exact) mass is 271 g/mol. The summed E-state index contributed by atoms with van der Waals surface area (Å²) in [6, 6.07) is 8.10. The first-order valence-electron chi connectivity index (χ1n) is 6.91. The lowest BCUT2D eigenvalue weighted by molar-refractivity contribution is -0.118. The third-order valence-electron chi connectivity index (χ3n) is 3.54. The number of anilines is 1. The minimum absolute atomic E-state index is 0.172. The molecule has 104 valence electrons. The molecule has 0 unspecified atom stereocenters. The highest BCUT2D eigenvalue weighted by Crippen LogP contribution is 2.28. The minimum atomic E-state index is 0.172. The Morgan fingerprint density at radius 3 is 3.05 bits per heavy atom.